The minimum Gasteiger partial charge on any atom is -0.326 e. The number of benzene rings is 1. The molecule has 0 amide bonds. The van der Waals surface area contributed by atoms with Crippen LogP contribution in [0.25, 0.3) is 0 Å². The monoisotopic (exact) mass is 345 g/mol. The summed E-state index contributed by atoms with van der Waals surface area (Å²) in [5, 5.41) is 4.27. The molecule has 2 aromatic rings. The zero-order chi connectivity index (χ0) is 12.4. The van der Waals surface area contributed by atoms with Crippen molar-refractivity contribution in [3.63, 3.8) is 0 Å². The van der Waals surface area contributed by atoms with Crippen LogP contribution in [0.15, 0.2) is 36.7 Å². The van der Waals surface area contributed by atoms with Crippen molar-refractivity contribution in [3.8, 4) is 0 Å². The van der Waals surface area contributed by atoms with E-state index in [2.05, 4.69) is 27.7 Å². The van der Waals surface area contributed by atoms with E-state index in [0.29, 0.717) is 0 Å². The second kappa shape index (κ2) is 5.14. The summed E-state index contributed by atoms with van der Waals surface area (Å²) in [5.41, 5.74) is 6.95. The minimum absolute atomic E-state index is 0.0703. The second-order valence-corrected chi connectivity index (χ2v) is 5.24. The Hall–Kier alpha value is -0.950. The normalized spacial score (nSPS) is 14.6. The molecule has 0 bridgehead atoms. The summed E-state index contributed by atoms with van der Waals surface area (Å²) < 4.78 is 15.8. The van der Waals surface area contributed by atoms with Gasteiger partial charge < -0.3 is 5.73 Å². The SMILES string of the molecule is CC(N)C(c1ccc(F)cc1)n1cc(I)cn1. The molecule has 1 aromatic heterocycles. The highest BCUT2D eigenvalue weighted by Gasteiger charge is 2.19. The molecule has 0 saturated heterocycles. The lowest BCUT2D eigenvalue weighted by Gasteiger charge is -2.21. The van der Waals surface area contributed by atoms with E-state index in [4.69, 9.17) is 5.73 Å². The van der Waals surface area contributed by atoms with Gasteiger partial charge in [-0.05, 0) is 47.2 Å². The molecule has 2 N–H and O–H groups in total. The lowest BCUT2D eigenvalue weighted by atomic mass is 10.0. The largest absolute Gasteiger partial charge is 0.326 e. The van der Waals surface area contributed by atoms with E-state index in [1.54, 1.807) is 18.3 Å². The number of aromatic nitrogens is 2. The maximum atomic E-state index is 12.9. The molecule has 1 aromatic carbocycles. The number of nitrogens with zero attached hydrogens (tertiary/aromatic N) is 2. The molecule has 2 atom stereocenters. The second-order valence-electron chi connectivity index (χ2n) is 3.99. The third kappa shape index (κ3) is 2.84. The van der Waals surface area contributed by atoms with Crippen LogP contribution in [0.5, 0.6) is 0 Å². The summed E-state index contributed by atoms with van der Waals surface area (Å²) >= 11 is 2.20. The summed E-state index contributed by atoms with van der Waals surface area (Å²) in [4.78, 5) is 0. The molecule has 0 aliphatic carbocycles. The van der Waals surface area contributed by atoms with Crippen LogP contribution in [0, 0.1) is 9.39 Å². The van der Waals surface area contributed by atoms with Crippen LogP contribution in [0.4, 0.5) is 4.39 Å². The molecule has 2 rings (SSSR count). The fourth-order valence-corrected chi connectivity index (χ4v) is 2.23. The van der Waals surface area contributed by atoms with Crippen LogP contribution in [-0.2, 0) is 0 Å². The summed E-state index contributed by atoms with van der Waals surface area (Å²) in [7, 11) is 0. The van der Waals surface area contributed by atoms with E-state index in [0.717, 1.165) is 9.13 Å². The Morgan fingerprint density at radius 3 is 2.47 bits per heavy atom. The standard InChI is InChI=1S/C12H13FIN3/c1-8(15)12(17-7-11(14)6-16-17)9-2-4-10(13)5-3-9/h2-8,12H,15H2,1H3. The molecule has 0 radical (unpaired) electrons. The van der Waals surface area contributed by atoms with E-state index in [9.17, 15) is 4.39 Å². The number of rotatable bonds is 3. The zero-order valence-electron chi connectivity index (χ0n) is 9.35. The molecular weight excluding hydrogens is 332 g/mol. The predicted octanol–water partition coefficient (Wildman–Crippen LogP) is 2.56. The van der Waals surface area contributed by atoms with Gasteiger partial charge in [0.05, 0.1) is 15.8 Å². The highest BCUT2D eigenvalue weighted by Crippen LogP contribution is 2.21. The fraction of sp³-hybridized carbons (Fsp3) is 0.250. The first-order chi connectivity index (χ1) is 8.08. The summed E-state index contributed by atoms with van der Waals surface area (Å²) in [6.07, 6.45) is 3.71. The Kier molecular flexibility index (Phi) is 3.78. The van der Waals surface area contributed by atoms with Gasteiger partial charge in [0.1, 0.15) is 5.82 Å². The molecule has 90 valence electrons. The molecule has 0 aliphatic rings. The molecule has 3 nitrogen and oxygen atoms in total. The van der Waals surface area contributed by atoms with E-state index in [-0.39, 0.29) is 17.9 Å². The minimum atomic E-state index is -0.243. The van der Waals surface area contributed by atoms with Crippen molar-refractivity contribution in [2.24, 2.45) is 5.73 Å². The molecule has 2 unspecified atom stereocenters. The predicted molar refractivity (Wildman–Crippen MR) is 73.1 cm³/mol. The quantitative estimate of drug-likeness (QED) is 0.869. The van der Waals surface area contributed by atoms with E-state index < -0.39 is 0 Å². The molecule has 0 spiro atoms. The van der Waals surface area contributed by atoms with E-state index in [1.165, 1.54) is 12.1 Å². The maximum absolute atomic E-state index is 12.9. The lowest BCUT2D eigenvalue weighted by Crippen LogP contribution is -2.30. The molecule has 17 heavy (non-hydrogen) atoms. The van der Waals surface area contributed by atoms with Crippen LogP contribution in [0.3, 0.4) is 0 Å². The van der Waals surface area contributed by atoms with Gasteiger partial charge in [-0.1, -0.05) is 12.1 Å². The van der Waals surface area contributed by atoms with Crippen molar-refractivity contribution in [1.82, 2.24) is 9.78 Å². The Balaban J connectivity index is 2.39. The van der Waals surface area contributed by atoms with Crippen molar-refractivity contribution in [2.75, 3.05) is 0 Å². The Morgan fingerprint density at radius 1 is 1.35 bits per heavy atom. The van der Waals surface area contributed by atoms with Gasteiger partial charge in [-0.25, -0.2) is 4.39 Å². The molecule has 5 heteroatoms. The van der Waals surface area contributed by atoms with Gasteiger partial charge in [-0.15, -0.1) is 0 Å². The number of nitrogens with two attached hydrogens (primary N) is 1. The van der Waals surface area contributed by atoms with Gasteiger partial charge in [0.2, 0.25) is 0 Å². The number of hydrogen-bond donors (Lipinski definition) is 1. The van der Waals surface area contributed by atoms with E-state index in [1.807, 2.05) is 17.8 Å². The molecule has 1 heterocycles. The first-order valence-corrected chi connectivity index (χ1v) is 6.36. The van der Waals surface area contributed by atoms with Gasteiger partial charge in [0.25, 0.3) is 0 Å². The van der Waals surface area contributed by atoms with Gasteiger partial charge in [-0.3, -0.25) is 4.68 Å². The number of hydrogen-bond acceptors (Lipinski definition) is 2. The third-order valence-electron chi connectivity index (χ3n) is 2.56. The number of halogens is 2. The average Bonchev–Trinajstić information content (AvgIpc) is 2.68. The van der Waals surface area contributed by atoms with Gasteiger partial charge in [0, 0.05) is 12.2 Å². The Bertz CT molecular complexity index is 493. The van der Waals surface area contributed by atoms with Crippen LogP contribution in [0.1, 0.15) is 18.5 Å². The Labute approximate surface area is 113 Å². The molecule has 0 aliphatic heterocycles. The van der Waals surface area contributed by atoms with Crippen molar-refractivity contribution in [3.05, 3.63) is 51.6 Å². The molecular formula is C12H13FIN3. The van der Waals surface area contributed by atoms with Crippen molar-refractivity contribution >= 4 is 22.6 Å². The van der Waals surface area contributed by atoms with Crippen molar-refractivity contribution < 1.29 is 4.39 Å². The first-order valence-electron chi connectivity index (χ1n) is 5.28. The smallest absolute Gasteiger partial charge is 0.123 e. The van der Waals surface area contributed by atoms with Crippen LogP contribution >= 0.6 is 22.6 Å². The molecule has 0 saturated carbocycles. The fourth-order valence-electron chi connectivity index (χ4n) is 1.82. The highest BCUT2D eigenvalue weighted by molar-refractivity contribution is 14.1. The van der Waals surface area contributed by atoms with Gasteiger partial charge >= 0.3 is 0 Å². The van der Waals surface area contributed by atoms with Gasteiger partial charge in [-0.2, -0.15) is 5.10 Å². The third-order valence-corrected chi connectivity index (χ3v) is 3.12. The molecule has 0 fully saturated rings. The maximum Gasteiger partial charge on any atom is 0.123 e. The average molecular weight is 345 g/mol. The topological polar surface area (TPSA) is 43.8 Å². The van der Waals surface area contributed by atoms with E-state index >= 15 is 0 Å². The van der Waals surface area contributed by atoms with Crippen LogP contribution < -0.4 is 5.73 Å². The van der Waals surface area contributed by atoms with Crippen LogP contribution in [0.2, 0.25) is 0 Å². The van der Waals surface area contributed by atoms with Crippen molar-refractivity contribution in [2.45, 2.75) is 19.0 Å². The lowest BCUT2D eigenvalue weighted by molar-refractivity contribution is 0.453. The van der Waals surface area contributed by atoms with Crippen molar-refractivity contribution in [1.29, 1.82) is 0 Å². The first kappa shape index (κ1) is 12.5. The van der Waals surface area contributed by atoms with Gasteiger partial charge in [0.15, 0.2) is 0 Å². The summed E-state index contributed by atoms with van der Waals surface area (Å²) in [6, 6.07) is 6.21. The van der Waals surface area contributed by atoms with Crippen LogP contribution in [-0.4, -0.2) is 15.8 Å². The summed E-state index contributed by atoms with van der Waals surface area (Å²) in [6.45, 7) is 1.92. The highest BCUT2D eigenvalue weighted by atomic mass is 127. The Morgan fingerprint density at radius 2 is 2.00 bits per heavy atom. The zero-order valence-corrected chi connectivity index (χ0v) is 11.5. The summed E-state index contributed by atoms with van der Waals surface area (Å²) in [5.74, 6) is -0.243.